The molecule has 75 heavy (non-hydrogen) atoms. The Bertz CT molecular complexity index is 1750. The normalized spacial score (nSPS) is 13.4. The molecular weight excluding hydrogens is 925 g/mol. The summed E-state index contributed by atoms with van der Waals surface area (Å²) >= 11 is 0. The van der Waals surface area contributed by atoms with Crippen molar-refractivity contribution in [2.75, 3.05) is 13.2 Å². The van der Waals surface area contributed by atoms with E-state index in [-0.39, 0.29) is 44.0 Å². The predicted octanol–water partition coefficient (Wildman–Crippen LogP) is 20.3. The molecule has 0 aliphatic rings. The first-order valence-corrected chi connectivity index (χ1v) is 29.8. The maximum Gasteiger partial charge on any atom is 0.306 e. The Hall–Kier alpha value is -5.23. The summed E-state index contributed by atoms with van der Waals surface area (Å²) in [4.78, 5) is 38.3. The Balaban J connectivity index is 4.60. The SMILES string of the molecule is CC\C=C/C=C\C=C/C=C\C=C\C=C/C=C\CCCCCC(=O)OCC(COC(=O)CCCCCCCCCCCCCCCCCCCCC)OC(=O)CCCCC\C=C/C=C\C=C\C=C/C=C\C=C/C=C\CC. The van der Waals surface area contributed by atoms with E-state index in [0.717, 1.165) is 70.6 Å². The fourth-order valence-electron chi connectivity index (χ4n) is 7.70. The minimum absolute atomic E-state index is 0.119. The molecule has 1 unspecified atom stereocenters. The van der Waals surface area contributed by atoms with E-state index < -0.39 is 6.10 Å². The van der Waals surface area contributed by atoms with Gasteiger partial charge in [0.05, 0.1) is 0 Å². The molecule has 0 spiro atoms. The van der Waals surface area contributed by atoms with Crippen molar-refractivity contribution in [2.45, 2.75) is 232 Å². The van der Waals surface area contributed by atoms with Crippen LogP contribution < -0.4 is 0 Å². The third kappa shape index (κ3) is 59.5. The number of carbonyl (C=O) groups is 3. The van der Waals surface area contributed by atoms with Crippen LogP contribution in [0.4, 0.5) is 0 Å². The number of rotatable bonds is 51. The number of unbranched alkanes of at least 4 members (excludes halogenated alkanes) is 24. The van der Waals surface area contributed by atoms with Crippen molar-refractivity contribution in [3.05, 3.63) is 170 Å². The van der Waals surface area contributed by atoms with Gasteiger partial charge in [-0.15, -0.1) is 0 Å². The van der Waals surface area contributed by atoms with E-state index in [9.17, 15) is 14.4 Å². The van der Waals surface area contributed by atoms with Gasteiger partial charge in [0, 0.05) is 19.3 Å². The van der Waals surface area contributed by atoms with Crippen LogP contribution in [-0.4, -0.2) is 37.2 Å². The highest BCUT2D eigenvalue weighted by Crippen LogP contribution is 2.16. The van der Waals surface area contributed by atoms with Crippen LogP contribution >= 0.6 is 0 Å². The Kier molecular flexibility index (Phi) is 57.0. The summed E-state index contributed by atoms with van der Waals surface area (Å²) in [7, 11) is 0. The molecule has 418 valence electrons. The summed E-state index contributed by atoms with van der Waals surface area (Å²) in [6.07, 6.45) is 90.5. The lowest BCUT2D eigenvalue weighted by molar-refractivity contribution is -0.167. The molecule has 0 aromatic heterocycles. The fraction of sp³-hybridized carbons (Fsp3) is 0.551. The summed E-state index contributed by atoms with van der Waals surface area (Å²) < 4.78 is 16.8. The lowest BCUT2D eigenvalue weighted by atomic mass is 10.0. The van der Waals surface area contributed by atoms with Crippen LogP contribution in [-0.2, 0) is 28.6 Å². The van der Waals surface area contributed by atoms with Gasteiger partial charge in [0.15, 0.2) is 6.10 Å². The number of esters is 3. The van der Waals surface area contributed by atoms with Gasteiger partial charge >= 0.3 is 17.9 Å². The molecule has 1 atom stereocenters. The van der Waals surface area contributed by atoms with E-state index in [1.165, 1.54) is 103 Å². The highest BCUT2D eigenvalue weighted by atomic mass is 16.6. The molecule has 0 saturated carbocycles. The molecule has 0 aromatic carbocycles. The molecule has 0 aliphatic carbocycles. The van der Waals surface area contributed by atoms with Crippen molar-refractivity contribution in [3.8, 4) is 0 Å². The largest absolute Gasteiger partial charge is 0.462 e. The standard InChI is InChI=1S/C69H106O6/c1-4-7-10-13-16-19-22-25-28-31-34-37-40-43-46-49-52-55-58-61-67(70)73-64-66(75-69(72)63-60-57-54-51-48-45-42-39-36-33-30-27-24-21-18-15-12-9-6-3)65-74-68(71)62-59-56-53-50-47-44-41-38-35-32-29-26-23-20-17-14-11-8-5-2/h7,9-10,12-13,15-16,18-19,21-22,24-25,27-28,30-31,33-34,36-37,39-40,42-43,45-46,48,66H,4-6,8,11,14,17,20,23,26,29,32,35,38,41,44,47,49-65H2,1-3H3/b10-7-,12-9-,16-13-,18-15-,22-19-,24-21-,28-25-,30-27-,34-31+,36-33+,40-37-,42-39-,46-43-,48-45-. The molecule has 0 amide bonds. The van der Waals surface area contributed by atoms with Gasteiger partial charge in [-0.1, -0.05) is 319 Å². The van der Waals surface area contributed by atoms with E-state index in [4.69, 9.17) is 14.2 Å². The highest BCUT2D eigenvalue weighted by Gasteiger charge is 2.19. The van der Waals surface area contributed by atoms with Crippen LogP contribution in [0.2, 0.25) is 0 Å². The molecule has 0 fully saturated rings. The molecule has 0 aromatic rings. The Labute approximate surface area is 460 Å². The van der Waals surface area contributed by atoms with Gasteiger partial charge in [0.2, 0.25) is 0 Å². The number of carbonyl (C=O) groups excluding carboxylic acids is 3. The second-order valence-electron chi connectivity index (χ2n) is 19.2. The van der Waals surface area contributed by atoms with Crippen molar-refractivity contribution in [2.24, 2.45) is 0 Å². The highest BCUT2D eigenvalue weighted by molar-refractivity contribution is 5.71. The maximum absolute atomic E-state index is 12.9. The van der Waals surface area contributed by atoms with E-state index in [2.05, 4.69) is 45.1 Å². The smallest absolute Gasteiger partial charge is 0.306 e. The van der Waals surface area contributed by atoms with Crippen molar-refractivity contribution in [1.82, 2.24) is 0 Å². The van der Waals surface area contributed by atoms with Crippen molar-refractivity contribution < 1.29 is 28.6 Å². The summed E-state index contributed by atoms with van der Waals surface area (Å²) in [5.74, 6) is -1.02. The number of hydrogen-bond donors (Lipinski definition) is 0. The molecule has 0 N–H and O–H groups in total. The number of ether oxygens (including phenoxy) is 3. The maximum atomic E-state index is 12.9. The van der Waals surface area contributed by atoms with Gasteiger partial charge in [0.1, 0.15) is 13.2 Å². The van der Waals surface area contributed by atoms with Crippen LogP contribution in [0.3, 0.4) is 0 Å². The zero-order valence-electron chi connectivity index (χ0n) is 47.7. The molecule has 0 radical (unpaired) electrons. The second-order valence-corrected chi connectivity index (χ2v) is 19.2. The zero-order chi connectivity index (χ0) is 54.3. The Morgan fingerprint density at radius 1 is 0.280 bits per heavy atom. The molecule has 0 aliphatic heterocycles. The lowest BCUT2D eigenvalue weighted by Gasteiger charge is -2.18. The summed E-state index contributed by atoms with van der Waals surface area (Å²) in [6.45, 7) is 6.27. The first-order chi connectivity index (χ1) is 37.0. The monoisotopic (exact) mass is 1030 g/mol. The van der Waals surface area contributed by atoms with Crippen LogP contribution in [0.5, 0.6) is 0 Å². The lowest BCUT2D eigenvalue weighted by Crippen LogP contribution is -2.30. The third-order valence-corrected chi connectivity index (χ3v) is 12.1. The van der Waals surface area contributed by atoms with Crippen LogP contribution in [0, 0.1) is 0 Å². The topological polar surface area (TPSA) is 78.9 Å². The molecule has 0 heterocycles. The van der Waals surface area contributed by atoms with E-state index >= 15 is 0 Å². The Morgan fingerprint density at radius 2 is 0.520 bits per heavy atom. The first kappa shape index (κ1) is 69.8. The predicted molar refractivity (Wildman–Crippen MR) is 325 cm³/mol. The van der Waals surface area contributed by atoms with E-state index in [1.807, 2.05) is 146 Å². The van der Waals surface area contributed by atoms with Gasteiger partial charge in [-0.2, -0.15) is 0 Å². The Morgan fingerprint density at radius 3 is 0.813 bits per heavy atom. The van der Waals surface area contributed by atoms with Crippen LogP contribution in [0.15, 0.2) is 170 Å². The molecule has 6 heteroatoms. The van der Waals surface area contributed by atoms with Crippen molar-refractivity contribution >= 4 is 17.9 Å². The molecule has 6 nitrogen and oxygen atoms in total. The third-order valence-electron chi connectivity index (χ3n) is 12.1. The van der Waals surface area contributed by atoms with E-state index in [1.54, 1.807) is 0 Å². The molecule has 0 bridgehead atoms. The molecule has 0 saturated heterocycles. The van der Waals surface area contributed by atoms with Crippen molar-refractivity contribution in [3.63, 3.8) is 0 Å². The zero-order valence-corrected chi connectivity index (χ0v) is 47.7. The first-order valence-electron chi connectivity index (χ1n) is 29.8. The fourth-order valence-corrected chi connectivity index (χ4v) is 7.70. The van der Waals surface area contributed by atoms with Crippen molar-refractivity contribution in [1.29, 1.82) is 0 Å². The summed E-state index contributed by atoms with van der Waals surface area (Å²) in [5.41, 5.74) is 0. The second kappa shape index (κ2) is 61.3. The average Bonchev–Trinajstić information content (AvgIpc) is 3.41. The number of hydrogen-bond acceptors (Lipinski definition) is 6. The van der Waals surface area contributed by atoms with Crippen LogP contribution in [0.25, 0.3) is 0 Å². The van der Waals surface area contributed by atoms with Crippen LogP contribution in [0.1, 0.15) is 226 Å². The summed E-state index contributed by atoms with van der Waals surface area (Å²) in [6, 6.07) is 0. The number of allylic oxidation sites excluding steroid dienone is 28. The minimum Gasteiger partial charge on any atom is -0.462 e. The quantitative estimate of drug-likeness (QED) is 0.0261. The summed E-state index contributed by atoms with van der Waals surface area (Å²) in [5, 5.41) is 0. The minimum atomic E-state index is -0.831. The van der Waals surface area contributed by atoms with Gasteiger partial charge < -0.3 is 14.2 Å². The van der Waals surface area contributed by atoms with Gasteiger partial charge in [-0.25, -0.2) is 0 Å². The molecular formula is C69H106O6. The van der Waals surface area contributed by atoms with E-state index in [0.29, 0.717) is 19.3 Å². The van der Waals surface area contributed by atoms with Gasteiger partial charge in [-0.3, -0.25) is 14.4 Å². The van der Waals surface area contributed by atoms with Gasteiger partial charge in [-0.05, 0) is 57.8 Å². The average molecular weight is 1030 g/mol. The molecule has 0 rings (SSSR count). The van der Waals surface area contributed by atoms with Gasteiger partial charge in [0.25, 0.3) is 0 Å².